The summed E-state index contributed by atoms with van der Waals surface area (Å²) in [6.45, 7) is 6.10. The number of nitrogens with zero attached hydrogens (tertiary/aromatic N) is 2. The molecule has 0 bridgehead atoms. The van der Waals surface area contributed by atoms with Crippen LogP contribution in [0.4, 0.5) is 5.69 Å². The lowest BCUT2D eigenvalue weighted by Crippen LogP contribution is -2.54. The van der Waals surface area contributed by atoms with E-state index in [1.54, 1.807) is 12.1 Å². The fraction of sp³-hybridized carbons (Fsp3) is 0.565. The van der Waals surface area contributed by atoms with Gasteiger partial charge in [0.05, 0.1) is 23.3 Å². The van der Waals surface area contributed by atoms with Gasteiger partial charge >= 0.3 is 0 Å². The maximum Gasteiger partial charge on any atom is 0.238 e. The van der Waals surface area contributed by atoms with E-state index >= 15 is 0 Å². The molecular weight excluding hydrogens is 400 g/mol. The van der Waals surface area contributed by atoms with Crippen LogP contribution in [0.5, 0.6) is 0 Å². The Hall–Kier alpha value is -1.89. The number of benzene rings is 1. The highest BCUT2D eigenvalue weighted by atomic mass is 35.5. The van der Waals surface area contributed by atoms with E-state index < -0.39 is 0 Å². The maximum absolute atomic E-state index is 12.5. The smallest absolute Gasteiger partial charge is 0.238 e. The molecule has 0 saturated carbocycles. The molecule has 0 spiro atoms. The average Bonchev–Trinajstić information content (AvgIpc) is 2.76. The monoisotopic (exact) mass is 432 g/mol. The highest BCUT2D eigenvalue weighted by Crippen LogP contribution is 2.21. The summed E-state index contributed by atoms with van der Waals surface area (Å²) in [4.78, 5) is 29.1. The van der Waals surface area contributed by atoms with Gasteiger partial charge in [-0.25, -0.2) is 0 Å². The predicted octanol–water partition coefficient (Wildman–Crippen LogP) is 3.29. The average molecular weight is 433 g/mol. The Morgan fingerprint density at radius 1 is 1.13 bits per heavy atom. The second kappa shape index (κ2) is 11.5. The molecule has 1 atom stereocenters. The van der Waals surface area contributed by atoms with E-state index in [-0.39, 0.29) is 17.9 Å². The molecule has 6 nitrogen and oxygen atoms in total. The van der Waals surface area contributed by atoms with Crippen LogP contribution in [-0.2, 0) is 9.59 Å². The van der Waals surface area contributed by atoms with E-state index in [2.05, 4.69) is 26.5 Å². The third-order valence-electron chi connectivity index (χ3n) is 5.98. The number of para-hydroxylation sites is 1. The molecule has 1 aliphatic carbocycles. The first-order valence-electron chi connectivity index (χ1n) is 11.0. The van der Waals surface area contributed by atoms with Gasteiger partial charge in [0.25, 0.3) is 0 Å². The van der Waals surface area contributed by atoms with Crippen molar-refractivity contribution in [3.05, 3.63) is 40.9 Å². The van der Waals surface area contributed by atoms with Crippen LogP contribution in [0.2, 0.25) is 5.02 Å². The quantitative estimate of drug-likeness (QED) is 0.618. The minimum Gasteiger partial charge on any atom is -0.354 e. The molecule has 0 unspecified atom stereocenters. The molecule has 0 aromatic heterocycles. The first-order valence-corrected chi connectivity index (χ1v) is 11.4. The minimum atomic E-state index is -0.149. The number of anilines is 1. The Morgan fingerprint density at radius 3 is 2.60 bits per heavy atom. The van der Waals surface area contributed by atoms with E-state index in [0.717, 1.165) is 39.1 Å². The van der Waals surface area contributed by atoms with Crippen LogP contribution in [0.3, 0.4) is 0 Å². The molecule has 164 valence electrons. The number of nitrogens with one attached hydrogen (secondary N) is 2. The minimum absolute atomic E-state index is 0.0700. The number of carbonyl (C=O) groups is 2. The summed E-state index contributed by atoms with van der Waals surface area (Å²) in [7, 11) is 0. The number of allylic oxidation sites excluding steroid dienone is 1. The largest absolute Gasteiger partial charge is 0.354 e. The Balaban J connectivity index is 1.35. The van der Waals surface area contributed by atoms with Crippen molar-refractivity contribution >= 4 is 29.1 Å². The summed E-state index contributed by atoms with van der Waals surface area (Å²) in [6, 6.07) is 7.09. The zero-order chi connectivity index (χ0) is 21.3. The predicted molar refractivity (Wildman–Crippen MR) is 122 cm³/mol. The van der Waals surface area contributed by atoms with Crippen LogP contribution in [0.1, 0.15) is 39.0 Å². The van der Waals surface area contributed by atoms with Gasteiger partial charge in [0, 0.05) is 32.7 Å². The second-order valence-electron chi connectivity index (χ2n) is 8.17. The molecule has 30 heavy (non-hydrogen) atoms. The van der Waals surface area contributed by atoms with E-state index in [9.17, 15) is 9.59 Å². The van der Waals surface area contributed by atoms with Crippen molar-refractivity contribution in [2.24, 2.45) is 0 Å². The maximum atomic E-state index is 12.5. The number of halogens is 1. The fourth-order valence-corrected chi connectivity index (χ4v) is 4.24. The van der Waals surface area contributed by atoms with Crippen LogP contribution in [0, 0.1) is 0 Å². The molecular formula is C23H33ClN4O2. The summed E-state index contributed by atoms with van der Waals surface area (Å²) < 4.78 is 0. The van der Waals surface area contributed by atoms with Crippen molar-refractivity contribution in [3.63, 3.8) is 0 Å². The number of hydrogen-bond acceptors (Lipinski definition) is 4. The first-order chi connectivity index (χ1) is 14.5. The lowest BCUT2D eigenvalue weighted by Gasteiger charge is -2.37. The third-order valence-corrected chi connectivity index (χ3v) is 6.31. The fourth-order valence-electron chi connectivity index (χ4n) is 4.06. The number of rotatable bonds is 8. The van der Waals surface area contributed by atoms with Gasteiger partial charge in [0.15, 0.2) is 0 Å². The van der Waals surface area contributed by atoms with Crippen LogP contribution in [0.25, 0.3) is 0 Å². The highest BCUT2D eigenvalue weighted by Gasteiger charge is 2.26. The van der Waals surface area contributed by atoms with Gasteiger partial charge in [-0.05, 0) is 51.2 Å². The summed E-state index contributed by atoms with van der Waals surface area (Å²) in [5.41, 5.74) is 2.12. The molecule has 1 saturated heterocycles. The number of amides is 2. The van der Waals surface area contributed by atoms with Gasteiger partial charge in [-0.2, -0.15) is 0 Å². The molecule has 1 aromatic carbocycles. The molecule has 1 fully saturated rings. The molecule has 7 heteroatoms. The summed E-state index contributed by atoms with van der Waals surface area (Å²) in [6.07, 6.45) is 8.22. The number of piperazine rings is 1. The molecule has 1 aromatic rings. The van der Waals surface area contributed by atoms with Crippen molar-refractivity contribution in [1.29, 1.82) is 0 Å². The lowest BCUT2D eigenvalue weighted by atomic mass is 9.97. The lowest BCUT2D eigenvalue weighted by molar-refractivity contribution is -0.127. The Kier molecular flexibility index (Phi) is 8.73. The zero-order valence-corrected chi connectivity index (χ0v) is 18.6. The van der Waals surface area contributed by atoms with Crippen molar-refractivity contribution in [2.75, 3.05) is 44.6 Å². The van der Waals surface area contributed by atoms with Crippen molar-refractivity contribution in [1.82, 2.24) is 15.1 Å². The van der Waals surface area contributed by atoms with Crippen LogP contribution < -0.4 is 10.6 Å². The van der Waals surface area contributed by atoms with Crippen LogP contribution in [-0.4, -0.2) is 66.9 Å². The SMILES string of the molecule is C[C@@H](C(=O)NCCC1=CCCCC1)N1CCN(CC(=O)Nc2ccccc2Cl)CC1. The van der Waals surface area contributed by atoms with Crippen LogP contribution >= 0.6 is 11.6 Å². The van der Waals surface area contributed by atoms with Crippen LogP contribution in [0.15, 0.2) is 35.9 Å². The molecule has 2 N–H and O–H groups in total. The molecule has 0 radical (unpaired) electrons. The van der Waals surface area contributed by atoms with Gasteiger partial charge in [-0.3, -0.25) is 19.4 Å². The standard InChI is InChI=1S/C23H33ClN4O2/c1-18(23(30)25-12-11-19-7-3-2-4-8-19)28-15-13-27(14-16-28)17-22(29)26-21-10-6-5-9-20(21)24/h5-7,9-10,18H,2-4,8,11-17H2,1H3,(H,25,30)(H,26,29)/t18-/m0/s1. The Morgan fingerprint density at radius 2 is 1.90 bits per heavy atom. The molecule has 1 heterocycles. The second-order valence-corrected chi connectivity index (χ2v) is 8.57. The number of carbonyl (C=O) groups excluding carboxylic acids is 2. The topological polar surface area (TPSA) is 64.7 Å². The zero-order valence-electron chi connectivity index (χ0n) is 17.8. The van der Waals surface area contributed by atoms with E-state index in [1.165, 1.54) is 31.3 Å². The Labute approximate surface area is 184 Å². The summed E-state index contributed by atoms with van der Waals surface area (Å²) in [5.74, 6) is 0.0238. The van der Waals surface area contributed by atoms with Gasteiger partial charge < -0.3 is 10.6 Å². The summed E-state index contributed by atoms with van der Waals surface area (Å²) >= 11 is 6.10. The van der Waals surface area contributed by atoms with Gasteiger partial charge in [-0.15, -0.1) is 0 Å². The molecule has 2 aliphatic rings. The molecule has 2 amide bonds. The van der Waals surface area contributed by atoms with Crippen molar-refractivity contribution in [2.45, 2.75) is 45.1 Å². The third kappa shape index (κ3) is 6.83. The summed E-state index contributed by atoms with van der Waals surface area (Å²) in [5, 5.41) is 6.49. The van der Waals surface area contributed by atoms with Gasteiger partial charge in [0.2, 0.25) is 11.8 Å². The molecule has 3 rings (SSSR count). The normalized spacial score (nSPS) is 19.1. The first kappa shape index (κ1) is 22.8. The molecule has 1 aliphatic heterocycles. The highest BCUT2D eigenvalue weighted by molar-refractivity contribution is 6.33. The van der Waals surface area contributed by atoms with E-state index in [0.29, 0.717) is 17.3 Å². The van der Waals surface area contributed by atoms with Gasteiger partial charge in [0.1, 0.15) is 0 Å². The van der Waals surface area contributed by atoms with E-state index in [4.69, 9.17) is 11.6 Å². The van der Waals surface area contributed by atoms with Crippen molar-refractivity contribution < 1.29 is 9.59 Å². The Bertz CT molecular complexity index is 759. The number of hydrogen-bond donors (Lipinski definition) is 2. The van der Waals surface area contributed by atoms with Crippen molar-refractivity contribution in [3.8, 4) is 0 Å². The van der Waals surface area contributed by atoms with E-state index in [1.807, 2.05) is 19.1 Å². The van der Waals surface area contributed by atoms with Gasteiger partial charge in [-0.1, -0.05) is 35.4 Å².